The second kappa shape index (κ2) is 7.37. The van der Waals surface area contributed by atoms with Gasteiger partial charge in [0.05, 0.1) is 25.7 Å². The molecule has 2 aromatic carbocycles. The first-order valence-electron chi connectivity index (χ1n) is 7.20. The lowest BCUT2D eigenvalue weighted by Gasteiger charge is -2.20. The van der Waals surface area contributed by atoms with Crippen molar-refractivity contribution >= 4 is 15.7 Å². The van der Waals surface area contributed by atoms with Crippen LogP contribution in [-0.2, 0) is 16.4 Å². The molecule has 0 bridgehead atoms. The van der Waals surface area contributed by atoms with Gasteiger partial charge in [-0.1, -0.05) is 30.3 Å². The van der Waals surface area contributed by atoms with E-state index in [9.17, 15) is 8.42 Å². The third-order valence-corrected chi connectivity index (χ3v) is 5.40. The van der Waals surface area contributed by atoms with E-state index in [-0.39, 0.29) is 5.75 Å². The topological polar surface area (TPSA) is 55.8 Å². The summed E-state index contributed by atoms with van der Waals surface area (Å²) in [6, 6.07) is 14.6. The van der Waals surface area contributed by atoms with Gasteiger partial charge in [0.2, 0.25) is 10.0 Å². The van der Waals surface area contributed by atoms with E-state index >= 15 is 0 Å². The molecule has 2 aromatic rings. The molecule has 0 radical (unpaired) electrons. The van der Waals surface area contributed by atoms with Crippen LogP contribution in [0.15, 0.2) is 48.5 Å². The molecule has 0 fully saturated rings. The number of nitrogens with zero attached hydrogens (tertiary/aromatic N) is 1. The standard InChI is InChI=1S/C17H21NO4S/c1-18(15-9-10-16(21-2)17(13-15)22-3)23(19,20)12-11-14-7-5-4-6-8-14/h4-10,13H,11-12H2,1-3H3. The number of sulfonamides is 1. The predicted octanol–water partition coefficient (Wildman–Crippen LogP) is 2.71. The van der Waals surface area contributed by atoms with Crippen LogP contribution in [0.5, 0.6) is 11.5 Å². The van der Waals surface area contributed by atoms with E-state index in [1.54, 1.807) is 25.2 Å². The summed E-state index contributed by atoms with van der Waals surface area (Å²) in [5.74, 6) is 1.10. The van der Waals surface area contributed by atoms with Gasteiger partial charge in [0, 0.05) is 13.1 Å². The molecule has 0 unspecified atom stereocenters. The fourth-order valence-electron chi connectivity index (χ4n) is 2.21. The smallest absolute Gasteiger partial charge is 0.235 e. The van der Waals surface area contributed by atoms with E-state index in [1.165, 1.54) is 18.5 Å². The van der Waals surface area contributed by atoms with Gasteiger partial charge in [-0.15, -0.1) is 0 Å². The Morgan fingerprint density at radius 2 is 1.61 bits per heavy atom. The Morgan fingerprint density at radius 3 is 2.22 bits per heavy atom. The van der Waals surface area contributed by atoms with Crippen molar-refractivity contribution in [3.8, 4) is 11.5 Å². The Kier molecular flexibility index (Phi) is 5.50. The number of hydrogen-bond donors (Lipinski definition) is 0. The molecule has 0 N–H and O–H groups in total. The van der Waals surface area contributed by atoms with Crippen molar-refractivity contribution in [2.45, 2.75) is 6.42 Å². The SMILES string of the molecule is COc1ccc(N(C)S(=O)(=O)CCc2ccccc2)cc1OC. The first-order valence-corrected chi connectivity index (χ1v) is 8.81. The maximum atomic E-state index is 12.5. The van der Waals surface area contributed by atoms with Crippen molar-refractivity contribution in [3.63, 3.8) is 0 Å². The number of aryl methyl sites for hydroxylation is 1. The summed E-state index contributed by atoms with van der Waals surface area (Å²) in [5.41, 5.74) is 1.53. The average Bonchev–Trinajstić information content (AvgIpc) is 2.59. The number of anilines is 1. The predicted molar refractivity (Wildman–Crippen MR) is 91.9 cm³/mol. The number of benzene rings is 2. The lowest BCUT2D eigenvalue weighted by Crippen LogP contribution is -2.29. The molecule has 0 saturated carbocycles. The van der Waals surface area contributed by atoms with E-state index < -0.39 is 10.0 Å². The third-order valence-electron chi connectivity index (χ3n) is 3.64. The highest BCUT2D eigenvalue weighted by Gasteiger charge is 2.19. The Bertz CT molecular complexity index is 744. The molecule has 0 amide bonds. The maximum absolute atomic E-state index is 12.5. The van der Waals surface area contributed by atoms with Crippen molar-refractivity contribution in [2.24, 2.45) is 0 Å². The van der Waals surface area contributed by atoms with Crippen molar-refractivity contribution in [1.82, 2.24) is 0 Å². The average molecular weight is 335 g/mol. The highest BCUT2D eigenvalue weighted by Crippen LogP contribution is 2.32. The highest BCUT2D eigenvalue weighted by molar-refractivity contribution is 7.92. The maximum Gasteiger partial charge on any atom is 0.235 e. The van der Waals surface area contributed by atoms with Crippen LogP contribution < -0.4 is 13.8 Å². The first kappa shape index (κ1) is 17.1. The minimum absolute atomic E-state index is 0.0435. The summed E-state index contributed by atoms with van der Waals surface area (Å²) in [6.07, 6.45) is 0.473. The van der Waals surface area contributed by atoms with Gasteiger partial charge < -0.3 is 9.47 Å². The van der Waals surface area contributed by atoms with Crippen LogP contribution in [0.2, 0.25) is 0 Å². The largest absolute Gasteiger partial charge is 0.493 e. The van der Waals surface area contributed by atoms with Gasteiger partial charge in [-0.3, -0.25) is 4.31 Å². The Labute approximate surface area is 137 Å². The fourth-order valence-corrected chi connectivity index (χ4v) is 3.41. The van der Waals surface area contributed by atoms with Crippen LogP contribution in [0.1, 0.15) is 5.56 Å². The van der Waals surface area contributed by atoms with Gasteiger partial charge >= 0.3 is 0 Å². The normalized spacial score (nSPS) is 11.1. The summed E-state index contributed by atoms with van der Waals surface area (Å²) in [5, 5.41) is 0. The zero-order chi connectivity index (χ0) is 16.9. The van der Waals surface area contributed by atoms with Gasteiger partial charge in [-0.25, -0.2) is 8.42 Å². The number of ether oxygens (including phenoxy) is 2. The Morgan fingerprint density at radius 1 is 0.957 bits per heavy atom. The zero-order valence-electron chi connectivity index (χ0n) is 13.5. The molecule has 0 atom stereocenters. The molecule has 5 nitrogen and oxygen atoms in total. The van der Waals surface area contributed by atoms with Crippen LogP contribution >= 0.6 is 0 Å². The molecule has 0 aliphatic heterocycles. The van der Waals surface area contributed by atoms with Crippen molar-refractivity contribution in [2.75, 3.05) is 31.3 Å². The van der Waals surface area contributed by atoms with Crippen LogP contribution in [0.25, 0.3) is 0 Å². The van der Waals surface area contributed by atoms with Gasteiger partial charge in [0.1, 0.15) is 0 Å². The number of hydrogen-bond acceptors (Lipinski definition) is 4. The lowest BCUT2D eigenvalue weighted by molar-refractivity contribution is 0.355. The second-order valence-corrected chi connectivity index (χ2v) is 7.18. The van der Waals surface area contributed by atoms with Crippen molar-refractivity contribution < 1.29 is 17.9 Å². The molecule has 0 aromatic heterocycles. The van der Waals surface area contributed by atoms with Crippen LogP contribution in [0.3, 0.4) is 0 Å². The minimum atomic E-state index is -3.42. The molecule has 0 aliphatic carbocycles. The lowest BCUT2D eigenvalue weighted by atomic mass is 10.2. The summed E-state index contributed by atoms with van der Waals surface area (Å²) in [7, 11) is 1.18. The van der Waals surface area contributed by atoms with Crippen molar-refractivity contribution in [1.29, 1.82) is 0 Å². The number of rotatable bonds is 7. The van der Waals surface area contributed by atoms with Crippen LogP contribution in [0, 0.1) is 0 Å². The second-order valence-electron chi connectivity index (χ2n) is 5.06. The molecule has 0 aliphatic rings. The van der Waals surface area contributed by atoms with E-state index in [0.29, 0.717) is 23.6 Å². The van der Waals surface area contributed by atoms with E-state index in [4.69, 9.17) is 9.47 Å². The summed E-state index contributed by atoms with van der Waals surface area (Å²) >= 11 is 0. The third kappa shape index (κ3) is 4.16. The molecule has 0 spiro atoms. The molecule has 0 saturated heterocycles. The molecule has 2 rings (SSSR count). The van der Waals surface area contributed by atoms with Gasteiger partial charge in [-0.2, -0.15) is 0 Å². The van der Waals surface area contributed by atoms with Crippen molar-refractivity contribution in [3.05, 3.63) is 54.1 Å². The molecule has 23 heavy (non-hydrogen) atoms. The quantitative estimate of drug-likeness (QED) is 0.781. The van der Waals surface area contributed by atoms with E-state index in [2.05, 4.69) is 0 Å². The molecular weight excluding hydrogens is 314 g/mol. The molecule has 6 heteroatoms. The monoisotopic (exact) mass is 335 g/mol. The first-order chi connectivity index (χ1) is 11.0. The number of methoxy groups -OCH3 is 2. The minimum Gasteiger partial charge on any atom is -0.493 e. The summed E-state index contributed by atoms with van der Waals surface area (Å²) in [6.45, 7) is 0. The molecular formula is C17H21NO4S. The Hall–Kier alpha value is -2.21. The van der Waals surface area contributed by atoms with Gasteiger partial charge in [0.25, 0.3) is 0 Å². The van der Waals surface area contributed by atoms with Gasteiger partial charge in [0.15, 0.2) is 11.5 Å². The molecule has 124 valence electrons. The van der Waals surface area contributed by atoms with E-state index in [1.807, 2.05) is 30.3 Å². The van der Waals surface area contributed by atoms with Gasteiger partial charge in [-0.05, 0) is 24.1 Å². The fraction of sp³-hybridized carbons (Fsp3) is 0.294. The van der Waals surface area contributed by atoms with Crippen LogP contribution in [0.4, 0.5) is 5.69 Å². The molecule has 0 heterocycles. The van der Waals surface area contributed by atoms with E-state index in [0.717, 1.165) is 5.56 Å². The zero-order valence-corrected chi connectivity index (χ0v) is 14.3. The highest BCUT2D eigenvalue weighted by atomic mass is 32.2. The summed E-state index contributed by atoms with van der Waals surface area (Å²) < 4.78 is 36.7. The van der Waals surface area contributed by atoms with Crippen LogP contribution in [-0.4, -0.2) is 35.4 Å². The Balaban J connectivity index is 2.16. The summed E-state index contributed by atoms with van der Waals surface area (Å²) in [4.78, 5) is 0.